The molecule has 144 valence electrons. The maximum Gasteiger partial charge on any atom is 0.326 e. The topological polar surface area (TPSA) is 105 Å². The molecular formula is C19H23N3O5. The standard InChI is InChI=1S/C19H23N3O5/c1-3-12-4-8-14(9-5-12)20-15(23)11-27-16(24)10-22-17(25)19(2,13-6-7-13)21-18(22)26/h4-5,8-9,13H,3,6-7,10-11H2,1-2H3,(H,20,23)(H,21,26)/t19-/m0/s1. The summed E-state index contributed by atoms with van der Waals surface area (Å²) in [5.74, 6) is -1.62. The molecule has 1 aromatic carbocycles. The number of carbonyl (C=O) groups excluding carboxylic acids is 4. The number of nitrogens with one attached hydrogen (secondary N) is 2. The van der Waals surface area contributed by atoms with Crippen LogP contribution in [-0.4, -0.2) is 47.4 Å². The van der Waals surface area contributed by atoms with Crippen LogP contribution in [0.3, 0.4) is 0 Å². The number of urea groups is 1. The molecule has 0 aromatic heterocycles. The first-order chi connectivity index (χ1) is 12.8. The Balaban J connectivity index is 1.47. The van der Waals surface area contributed by atoms with Gasteiger partial charge in [0.1, 0.15) is 12.1 Å². The summed E-state index contributed by atoms with van der Waals surface area (Å²) in [4.78, 5) is 49.1. The number of anilines is 1. The Hall–Kier alpha value is -2.90. The number of imide groups is 1. The van der Waals surface area contributed by atoms with Crippen LogP contribution >= 0.6 is 0 Å². The number of esters is 1. The van der Waals surface area contributed by atoms with Gasteiger partial charge in [-0.2, -0.15) is 0 Å². The number of ether oxygens (including phenoxy) is 1. The molecule has 1 saturated carbocycles. The Bertz CT molecular complexity index is 772. The molecule has 0 radical (unpaired) electrons. The lowest BCUT2D eigenvalue weighted by molar-refractivity contribution is -0.150. The molecule has 8 nitrogen and oxygen atoms in total. The zero-order chi connectivity index (χ0) is 19.6. The van der Waals surface area contributed by atoms with Gasteiger partial charge in [0.05, 0.1) is 0 Å². The van der Waals surface area contributed by atoms with Crippen LogP contribution in [0.25, 0.3) is 0 Å². The third kappa shape index (κ3) is 4.10. The molecule has 4 amide bonds. The number of carbonyl (C=O) groups is 4. The molecule has 8 heteroatoms. The summed E-state index contributed by atoms with van der Waals surface area (Å²) in [7, 11) is 0. The highest BCUT2D eigenvalue weighted by Gasteiger charge is 2.56. The summed E-state index contributed by atoms with van der Waals surface area (Å²) in [6.45, 7) is 2.71. The number of hydrogen-bond donors (Lipinski definition) is 2. The van der Waals surface area contributed by atoms with E-state index in [-0.39, 0.29) is 5.92 Å². The summed E-state index contributed by atoms with van der Waals surface area (Å²) in [5, 5.41) is 5.27. The van der Waals surface area contributed by atoms with E-state index in [2.05, 4.69) is 10.6 Å². The minimum absolute atomic E-state index is 0.111. The van der Waals surface area contributed by atoms with Crippen LogP contribution in [0.5, 0.6) is 0 Å². The predicted octanol–water partition coefficient (Wildman–Crippen LogP) is 1.45. The van der Waals surface area contributed by atoms with Crippen LogP contribution in [0.4, 0.5) is 10.5 Å². The average Bonchev–Trinajstić information content (AvgIpc) is 3.47. The molecule has 1 aliphatic carbocycles. The van der Waals surface area contributed by atoms with Crippen molar-refractivity contribution in [2.45, 2.75) is 38.6 Å². The van der Waals surface area contributed by atoms with Gasteiger partial charge in [0.25, 0.3) is 11.8 Å². The van der Waals surface area contributed by atoms with Gasteiger partial charge in [-0.05, 0) is 49.8 Å². The predicted molar refractivity (Wildman–Crippen MR) is 96.8 cm³/mol. The second kappa shape index (κ2) is 7.38. The van der Waals surface area contributed by atoms with Crippen LogP contribution < -0.4 is 10.6 Å². The van der Waals surface area contributed by atoms with Crippen LogP contribution in [0, 0.1) is 5.92 Å². The van der Waals surface area contributed by atoms with Gasteiger partial charge in [0.15, 0.2) is 6.61 Å². The third-order valence-electron chi connectivity index (χ3n) is 4.99. The Morgan fingerprint density at radius 3 is 2.52 bits per heavy atom. The lowest BCUT2D eigenvalue weighted by Crippen LogP contribution is -2.46. The van der Waals surface area contributed by atoms with E-state index in [0.717, 1.165) is 29.7 Å². The summed E-state index contributed by atoms with van der Waals surface area (Å²) in [6, 6.07) is 6.73. The normalized spacial score (nSPS) is 21.8. The number of nitrogens with zero attached hydrogens (tertiary/aromatic N) is 1. The first-order valence-electron chi connectivity index (χ1n) is 9.02. The number of hydrogen-bond acceptors (Lipinski definition) is 5. The minimum atomic E-state index is -0.945. The van der Waals surface area contributed by atoms with Gasteiger partial charge in [-0.25, -0.2) is 4.79 Å². The molecule has 1 saturated heterocycles. The van der Waals surface area contributed by atoms with E-state index in [1.807, 2.05) is 19.1 Å². The highest BCUT2D eigenvalue weighted by Crippen LogP contribution is 2.42. The Morgan fingerprint density at radius 1 is 1.26 bits per heavy atom. The largest absolute Gasteiger partial charge is 0.454 e. The summed E-state index contributed by atoms with van der Waals surface area (Å²) in [6.07, 6.45) is 2.65. The van der Waals surface area contributed by atoms with E-state index >= 15 is 0 Å². The van der Waals surface area contributed by atoms with Crippen LogP contribution in [-0.2, 0) is 25.5 Å². The quantitative estimate of drug-likeness (QED) is 0.556. The van der Waals surface area contributed by atoms with Gasteiger partial charge in [0, 0.05) is 5.69 Å². The van der Waals surface area contributed by atoms with E-state index in [1.54, 1.807) is 19.1 Å². The highest BCUT2D eigenvalue weighted by atomic mass is 16.5. The van der Waals surface area contributed by atoms with Gasteiger partial charge in [-0.15, -0.1) is 0 Å². The Kier molecular flexibility index (Phi) is 5.16. The van der Waals surface area contributed by atoms with Crippen molar-refractivity contribution in [3.63, 3.8) is 0 Å². The molecule has 2 fully saturated rings. The average molecular weight is 373 g/mol. The van der Waals surface area contributed by atoms with Crippen molar-refractivity contribution >= 4 is 29.5 Å². The fraction of sp³-hybridized carbons (Fsp3) is 0.474. The maximum absolute atomic E-state index is 12.4. The number of amides is 4. The van der Waals surface area contributed by atoms with Crippen LogP contribution in [0.15, 0.2) is 24.3 Å². The molecule has 2 aliphatic rings. The number of aryl methyl sites for hydroxylation is 1. The molecule has 0 spiro atoms. The molecule has 1 heterocycles. The third-order valence-corrected chi connectivity index (χ3v) is 4.99. The first kappa shape index (κ1) is 18.9. The lowest BCUT2D eigenvalue weighted by Gasteiger charge is -2.20. The molecule has 1 aliphatic heterocycles. The SMILES string of the molecule is CCc1ccc(NC(=O)COC(=O)CN2C(=O)N[C@@](C)(C3CC3)C2=O)cc1. The fourth-order valence-corrected chi connectivity index (χ4v) is 3.14. The molecule has 1 atom stereocenters. The van der Waals surface area contributed by atoms with Crippen molar-refractivity contribution in [3.8, 4) is 0 Å². The first-order valence-corrected chi connectivity index (χ1v) is 9.02. The van der Waals surface area contributed by atoms with Crippen molar-refractivity contribution in [2.75, 3.05) is 18.5 Å². The van der Waals surface area contributed by atoms with E-state index in [0.29, 0.717) is 5.69 Å². The van der Waals surface area contributed by atoms with Crippen molar-refractivity contribution in [1.29, 1.82) is 0 Å². The second-order valence-electron chi connectivity index (χ2n) is 7.06. The van der Waals surface area contributed by atoms with E-state index in [4.69, 9.17) is 4.74 Å². The number of rotatable bonds is 7. The summed E-state index contributed by atoms with van der Waals surface area (Å²) >= 11 is 0. The molecular weight excluding hydrogens is 350 g/mol. The Labute approximate surface area is 157 Å². The van der Waals surface area contributed by atoms with Gasteiger partial charge in [-0.1, -0.05) is 19.1 Å². The molecule has 1 aromatic rings. The molecule has 27 heavy (non-hydrogen) atoms. The van der Waals surface area contributed by atoms with Crippen molar-refractivity contribution < 1.29 is 23.9 Å². The smallest absolute Gasteiger partial charge is 0.326 e. The van der Waals surface area contributed by atoms with Gasteiger partial charge in [0.2, 0.25) is 0 Å². The Morgan fingerprint density at radius 2 is 1.93 bits per heavy atom. The second-order valence-corrected chi connectivity index (χ2v) is 7.06. The molecule has 3 rings (SSSR count). The summed E-state index contributed by atoms with van der Waals surface area (Å²) in [5.41, 5.74) is 0.799. The maximum atomic E-state index is 12.4. The zero-order valence-electron chi connectivity index (χ0n) is 15.4. The summed E-state index contributed by atoms with van der Waals surface area (Å²) < 4.78 is 4.90. The van der Waals surface area contributed by atoms with E-state index in [9.17, 15) is 19.2 Å². The van der Waals surface area contributed by atoms with Crippen molar-refractivity contribution in [2.24, 2.45) is 5.92 Å². The van der Waals surface area contributed by atoms with E-state index in [1.165, 1.54) is 0 Å². The molecule has 0 bridgehead atoms. The minimum Gasteiger partial charge on any atom is -0.454 e. The highest BCUT2D eigenvalue weighted by molar-refractivity contribution is 6.09. The van der Waals surface area contributed by atoms with Crippen LogP contribution in [0.1, 0.15) is 32.3 Å². The van der Waals surface area contributed by atoms with E-state index < -0.39 is 42.5 Å². The van der Waals surface area contributed by atoms with Crippen LogP contribution in [0.2, 0.25) is 0 Å². The van der Waals surface area contributed by atoms with Gasteiger partial charge < -0.3 is 15.4 Å². The monoisotopic (exact) mass is 373 g/mol. The number of benzene rings is 1. The van der Waals surface area contributed by atoms with Crippen molar-refractivity contribution in [1.82, 2.24) is 10.2 Å². The van der Waals surface area contributed by atoms with Gasteiger partial charge >= 0.3 is 12.0 Å². The zero-order valence-corrected chi connectivity index (χ0v) is 15.4. The molecule has 2 N–H and O–H groups in total. The molecule has 0 unspecified atom stereocenters. The van der Waals surface area contributed by atoms with Crippen molar-refractivity contribution in [3.05, 3.63) is 29.8 Å². The van der Waals surface area contributed by atoms with Gasteiger partial charge in [-0.3, -0.25) is 19.3 Å². The fourth-order valence-electron chi connectivity index (χ4n) is 3.14. The lowest BCUT2D eigenvalue weighted by atomic mass is 9.96.